The van der Waals surface area contributed by atoms with Crippen molar-refractivity contribution in [3.63, 3.8) is 0 Å². The van der Waals surface area contributed by atoms with Crippen LogP contribution in [0.1, 0.15) is 45.0 Å². The lowest BCUT2D eigenvalue weighted by Crippen LogP contribution is -2.49. The summed E-state index contributed by atoms with van der Waals surface area (Å²) in [5.41, 5.74) is -2.78. The number of nitrogens with one attached hydrogen (secondary N) is 1. The van der Waals surface area contributed by atoms with Gasteiger partial charge in [-0.3, -0.25) is 4.79 Å². The predicted octanol–water partition coefficient (Wildman–Crippen LogP) is 5.81. The first-order valence-electron chi connectivity index (χ1n) is 9.82. The first kappa shape index (κ1) is 26.9. The summed E-state index contributed by atoms with van der Waals surface area (Å²) in [5, 5.41) is 3.13. The zero-order valence-electron chi connectivity index (χ0n) is 17.6. The highest BCUT2D eigenvalue weighted by Crippen LogP contribution is 2.37. The molecule has 1 heterocycles. The standard InChI is InChI=1S/C22H21F7N2O.ClH/c1-12-3-4-13(9-18(12)23)17-11-30-6-5-19(17)31(2)20(32)14-7-15(21(24,25)26)10-16(8-14)22(27,28)29;/h3-4,7-10,17,19,30H,5-6,11H2,1-2H3;1H. The van der Waals surface area contributed by atoms with Crippen LogP contribution in [-0.2, 0) is 12.4 Å². The second-order valence-corrected chi connectivity index (χ2v) is 7.89. The number of likely N-dealkylation sites (N-methyl/N-ethyl adjacent to an activating group) is 1. The lowest BCUT2D eigenvalue weighted by Gasteiger charge is -2.39. The largest absolute Gasteiger partial charge is 0.416 e. The Labute approximate surface area is 192 Å². The van der Waals surface area contributed by atoms with Gasteiger partial charge in [0, 0.05) is 31.1 Å². The van der Waals surface area contributed by atoms with Gasteiger partial charge in [-0.25, -0.2) is 4.39 Å². The highest BCUT2D eigenvalue weighted by molar-refractivity contribution is 5.95. The molecule has 3 nitrogen and oxygen atoms in total. The molecule has 1 N–H and O–H groups in total. The Hall–Kier alpha value is -2.33. The number of halogens is 8. The van der Waals surface area contributed by atoms with E-state index >= 15 is 0 Å². The van der Waals surface area contributed by atoms with Crippen LogP contribution in [0, 0.1) is 12.7 Å². The summed E-state index contributed by atoms with van der Waals surface area (Å²) in [6, 6.07) is 4.91. The molecule has 2 aromatic rings. The van der Waals surface area contributed by atoms with Crippen molar-refractivity contribution < 1.29 is 35.5 Å². The van der Waals surface area contributed by atoms with Gasteiger partial charge in [0.05, 0.1) is 11.1 Å². The summed E-state index contributed by atoms with van der Waals surface area (Å²) in [4.78, 5) is 14.1. The highest BCUT2D eigenvalue weighted by atomic mass is 35.5. The highest BCUT2D eigenvalue weighted by Gasteiger charge is 2.39. The van der Waals surface area contributed by atoms with Gasteiger partial charge in [-0.05, 0) is 55.3 Å². The third-order valence-electron chi connectivity index (χ3n) is 5.72. The molecule has 1 aliphatic heterocycles. The predicted molar refractivity (Wildman–Crippen MR) is 111 cm³/mol. The Balaban J connectivity index is 0.00000385. The average Bonchev–Trinajstić information content (AvgIpc) is 2.73. The smallest absolute Gasteiger partial charge is 0.338 e. The van der Waals surface area contributed by atoms with E-state index in [4.69, 9.17) is 0 Å². The molecule has 0 aliphatic carbocycles. The Kier molecular flexibility index (Phi) is 8.06. The molecule has 11 heteroatoms. The van der Waals surface area contributed by atoms with E-state index in [0.29, 0.717) is 42.8 Å². The number of carbonyl (C=O) groups is 1. The van der Waals surface area contributed by atoms with E-state index in [9.17, 15) is 35.5 Å². The van der Waals surface area contributed by atoms with Gasteiger partial charge in [0.25, 0.3) is 5.91 Å². The summed E-state index contributed by atoms with van der Waals surface area (Å²) >= 11 is 0. The second-order valence-electron chi connectivity index (χ2n) is 7.89. The third kappa shape index (κ3) is 5.97. The van der Waals surface area contributed by atoms with Gasteiger partial charge >= 0.3 is 12.4 Å². The minimum absolute atomic E-state index is 0. The molecule has 1 aliphatic rings. The van der Waals surface area contributed by atoms with Crippen molar-refractivity contribution in [3.8, 4) is 0 Å². The van der Waals surface area contributed by atoms with Crippen LogP contribution in [0.4, 0.5) is 30.7 Å². The zero-order chi connectivity index (χ0) is 23.8. The third-order valence-corrected chi connectivity index (χ3v) is 5.72. The summed E-state index contributed by atoms with van der Waals surface area (Å²) < 4.78 is 93.1. The van der Waals surface area contributed by atoms with Crippen molar-refractivity contribution in [2.45, 2.75) is 37.7 Å². The zero-order valence-corrected chi connectivity index (χ0v) is 18.5. The topological polar surface area (TPSA) is 32.3 Å². The number of nitrogens with zero attached hydrogens (tertiary/aromatic N) is 1. The normalized spacial score (nSPS) is 19.1. The number of carbonyl (C=O) groups excluding carboxylic acids is 1. The van der Waals surface area contributed by atoms with E-state index in [1.165, 1.54) is 13.1 Å². The molecule has 0 radical (unpaired) electrons. The van der Waals surface area contributed by atoms with E-state index in [0.717, 1.165) is 4.90 Å². The van der Waals surface area contributed by atoms with Crippen molar-refractivity contribution in [1.29, 1.82) is 0 Å². The molecule has 1 saturated heterocycles. The summed E-state index contributed by atoms with van der Waals surface area (Å²) in [6.07, 6.45) is -9.70. The number of amides is 1. The van der Waals surface area contributed by atoms with Gasteiger partial charge in [-0.1, -0.05) is 12.1 Å². The van der Waals surface area contributed by atoms with Gasteiger partial charge in [-0.2, -0.15) is 26.3 Å². The van der Waals surface area contributed by atoms with Gasteiger partial charge in [0.1, 0.15) is 5.82 Å². The maximum atomic E-state index is 14.1. The first-order chi connectivity index (χ1) is 14.8. The fraction of sp³-hybridized carbons (Fsp3) is 0.409. The van der Waals surface area contributed by atoms with Crippen LogP contribution in [0.25, 0.3) is 0 Å². The van der Waals surface area contributed by atoms with E-state index in [2.05, 4.69) is 5.32 Å². The monoisotopic (exact) mass is 498 g/mol. The van der Waals surface area contributed by atoms with Crippen LogP contribution in [-0.4, -0.2) is 37.0 Å². The maximum absolute atomic E-state index is 14.1. The minimum Gasteiger partial charge on any atom is -0.338 e. The molecule has 3 rings (SSSR count). The van der Waals surface area contributed by atoms with Crippen LogP contribution in [0.2, 0.25) is 0 Å². The Bertz CT molecular complexity index is 975. The number of aryl methyl sites for hydroxylation is 1. The molecule has 2 unspecified atom stereocenters. The second kappa shape index (κ2) is 9.89. The molecule has 2 aromatic carbocycles. The molecule has 0 bridgehead atoms. The maximum Gasteiger partial charge on any atom is 0.416 e. The van der Waals surface area contributed by atoms with Crippen LogP contribution < -0.4 is 5.32 Å². The van der Waals surface area contributed by atoms with Crippen LogP contribution in [0.3, 0.4) is 0 Å². The van der Waals surface area contributed by atoms with Crippen LogP contribution in [0.5, 0.6) is 0 Å². The molecule has 1 fully saturated rings. The number of benzene rings is 2. The van der Waals surface area contributed by atoms with Crippen LogP contribution >= 0.6 is 12.4 Å². The van der Waals surface area contributed by atoms with Crippen molar-refractivity contribution in [2.24, 2.45) is 0 Å². The van der Waals surface area contributed by atoms with Crippen molar-refractivity contribution in [1.82, 2.24) is 10.2 Å². The molecular weight excluding hydrogens is 477 g/mol. The van der Waals surface area contributed by atoms with Crippen molar-refractivity contribution in [2.75, 3.05) is 20.1 Å². The van der Waals surface area contributed by atoms with Gasteiger partial charge in [-0.15, -0.1) is 12.4 Å². The Morgan fingerprint density at radius 3 is 2.09 bits per heavy atom. The van der Waals surface area contributed by atoms with Gasteiger partial charge in [0.2, 0.25) is 0 Å². The molecule has 2 atom stereocenters. The van der Waals surface area contributed by atoms with Gasteiger partial charge < -0.3 is 10.2 Å². The van der Waals surface area contributed by atoms with Crippen molar-refractivity contribution >= 4 is 18.3 Å². The average molecular weight is 499 g/mol. The minimum atomic E-state index is -5.05. The molecule has 0 aromatic heterocycles. The number of hydrogen-bond donors (Lipinski definition) is 1. The molecular formula is C22H22ClF7N2O. The molecule has 182 valence electrons. The fourth-order valence-electron chi connectivity index (χ4n) is 3.92. The lowest BCUT2D eigenvalue weighted by atomic mass is 9.85. The fourth-order valence-corrected chi connectivity index (χ4v) is 3.92. The Morgan fingerprint density at radius 2 is 1.58 bits per heavy atom. The molecule has 0 saturated carbocycles. The number of hydrogen-bond acceptors (Lipinski definition) is 2. The number of alkyl halides is 6. The first-order valence-corrected chi connectivity index (χ1v) is 9.82. The summed E-state index contributed by atoms with van der Waals surface area (Å²) in [5.74, 6) is -1.79. The summed E-state index contributed by atoms with van der Waals surface area (Å²) in [6.45, 7) is 2.46. The van der Waals surface area contributed by atoms with E-state index in [1.54, 1.807) is 19.1 Å². The van der Waals surface area contributed by atoms with Crippen molar-refractivity contribution in [3.05, 3.63) is 70.0 Å². The van der Waals surface area contributed by atoms with E-state index < -0.39 is 46.8 Å². The number of rotatable bonds is 3. The SMILES string of the molecule is Cc1ccc(C2CNCCC2N(C)C(=O)c2cc(C(F)(F)F)cc(C(F)(F)F)c2)cc1F.Cl. The summed E-state index contributed by atoms with van der Waals surface area (Å²) in [7, 11) is 1.34. The van der Waals surface area contributed by atoms with Gasteiger partial charge in [0.15, 0.2) is 0 Å². The quantitative estimate of drug-likeness (QED) is 0.542. The molecule has 0 spiro atoms. The van der Waals surface area contributed by atoms with Crippen LogP contribution in [0.15, 0.2) is 36.4 Å². The number of piperidine rings is 1. The van der Waals surface area contributed by atoms with E-state index in [1.807, 2.05) is 0 Å². The Morgan fingerprint density at radius 1 is 1.00 bits per heavy atom. The lowest BCUT2D eigenvalue weighted by molar-refractivity contribution is -0.143. The van der Waals surface area contributed by atoms with E-state index in [-0.39, 0.29) is 24.4 Å². The molecule has 1 amide bonds. The molecule has 33 heavy (non-hydrogen) atoms.